The van der Waals surface area contributed by atoms with Crippen molar-refractivity contribution in [2.45, 2.75) is 11.8 Å². The molecule has 0 unspecified atom stereocenters. The monoisotopic (exact) mass is 507 g/mol. The second-order valence-corrected chi connectivity index (χ2v) is 9.07. The molecule has 0 saturated carbocycles. The van der Waals surface area contributed by atoms with E-state index in [0.29, 0.717) is 10.0 Å². The number of hydrogen-bond acceptors (Lipinski definition) is 4. The molecule has 0 atom stereocenters. The predicted molar refractivity (Wildman–Crippen MR) is 115 cm³/mol. The van der Waals surface area contributed by atoms with Gasteiger partial charge in [-0.05, 0) is 59.3 Å². The minimum Gasteiger partial charge on any atom is -0.377 e. The zero-order valence-corrected chi connectivity index (χ0v) is 18.3. The summed E-state index contributed by atoms with van der Waals surface area (Å²) in [6, 6.07) is 19.3. The number of benzene rings is 3. The van der Waals surface area contributed by atoms with Crippen LogP contribution < -0.4 is 4.18 Å². The van der Waals surface area contributed by atoms with Crippen LogP contribution in [-0.2, 0) is 10.1 Å². The molecule has 0 aliphatic heterocycles. The van der Waals surface area contributed by atoms with Crippen molar-refractivity contribution < 1.29 is 12.6 Å². The minimum absolute atomic E-state index is 0.0915. The third-order valence-electron chi connectivity index (χ3n) is 3.65. The number of nitrogens with zero attached hydrogens (tertiary/aromatic N) is 1. The molecule has 0 aliphatic rings. The van der Waals surface area contributed by atoms with E-state index in [1.165, 1.54) is 12.1 Å². The van der Waals surface area contributed by atoms with Crippen molar-refractivity contribution in [3.05, 3.63) is 86.8 Å². The molecule has 7 heteroatoms. The number of aryl methyl sites for hydroxylation is 1. The van der Waals surface area contributed by atoms with Crippen LogP contribution in [0.15, 0.2) is 85.6 Å². The van der Waals surface area contributed by atoms with Gasteiger partial charge < -0.3 is 4.18 Å². The second-order valence-electron chi connectivity index (χ2n) is 5.75. The maximum absolute atomic E-state index is 12.7. The Morgan fingerprint density at radius 1 is 0.963 bits per heavy atom. The van der Waals surface area contributed by atoms with E-state index in [4.69, 9.17) is 4.18 Å². The molecule has 0 bridgehead atoms. The quantitative estimate of drug-likeness (QED) is 0.312. The summed E-state index contributed by atoms with van der Waals surface area (Å²) in [5.41, 5.74) is 2.24. The van der Waals surface area contributed by atoms with Gasteiger partial charge in [-0.25, -0.2) is 0 Å². The Labute approximate surface area is 175 Å². The zero-order chi connectivity index (χ0) is 19.4. The summed E-state index contributed by atoms with van der Waals surface area (Å²) in [5, 5.41) is 0. The topological polar surface area (TPSA) is 55.7 Å². The van der Waals surface area contributed by atoms with Gasteiger partial charge in [0.1, 0.15) is 4.90 Å². The highest BCUT2D eigenvalue weighted by atomic mass is 79.9. The summed E-state index contributed by atoms with van der Waals surface area (Å²) in [6.07, 6.45) is 1.57. The van der Waals surface area contributed by atoms with Gasteiger partial charge in [0.05, 0.1) is 10.2 Å². The summed E-state index contributed by atoms with van der Waals surface area (Å²) >= 11 is 6.79. The van der Waals surface area contributed by atoms with Crippen LogP contribution in [0.25, 0.3) is 0 Å². The Kier molecular flexibility index (Phi) is 6.14. The van der Waals surface area contributed by atoms with Crippen LogP contribution in [0.1, 0.15) is 11.1 Å². The number of halogens is 2. The average Bonchev–Trinajstić information content (AvgIpc) is 2.63. The van der Waals surface area contributed by atoms with E-state index in [-0.39, 0.29) is 10.6 Å². The van der Waals surface area contributed by atoms with Crippen molar-refractivity contribution in [3.8, 4) is 5.75 Å². The number of aliphatic imine (C=N–C) groups is 1. The third-order valence-corrected chi connectivity index (χ3v) is 5.93. The average molecular weight is 509 g/mol. The number of rotatable bonds is 5. The van der Waals surface area contributed by atoms with Crippen LogP contribution in [0.2, 0.25) is 0 Å². The molecule has 0 saturated heterocycles. The minimum atomic E-state index is -3.98. The lowest BCUT2D eigenvalue weighted by Gasteiger charge is -2.12. The molecule has 0 amide bonds. The van der Waals surface area contributed by atoms with Crippen molar-refractivity contribution in [2.75, 3.05) is 0 Å². The lowest BCUT2D eigenvalue weighted by Crippen LogP contribution is -2.11. The normalized spacial score (nSPS) is 11.7. The molecule has 0 radical (unpaired) electrons. The van der Waals surface area contributed by atoms with Crippen molar-refractivity contribution in [1.82, 2.24) is 0 Å². The fourth-order valence-corrected chi connectivity index (χ4v) is 4.70. The van der Waals surface area contributed by atoms with Gasteiger partial charge in [0.25, 0.3) is 0 Å². The molecule has 4 nitrogen and oxygen atoms in total. The first-order valence-corrected chi connectivity index (χ1v) is 10.9. The van der Waals surface area contributed by atoms with Gasteiger partial charge in [-0.2, -0.15) is 8.42 Å². The summed E-state index contributed by atoms with van der Waals surface area (Å²) in [7, 11) is -3.98. The first-order chi connectivity index (χ1) is 12.8. The van der Waals surface area contributed by atoms with Gasteiger partial charge in [-0.15, -0.1) is 0 Å². The lowest BCUT2D eigenvalue weighted by molar-refractivity contribution is 0.484. The van der Waals surface area contributed by atoms with Crippen LogP contribution >= 0.6 is 31.9 Å². The molecule has 3 aromatic rings. The molecule has 0 N–H and O–H groups in total. The SMILES string of the molecule is Cc1ccc(S(=O)(=O)Oc2c(Br)cc(Br)cc2C=Nc2ccccc2)cc1. The summed E-state index contributed by atoms with van der Waals surface area (Å²) in [5.74, 6) is 0.179. The Morgan fingerprint density at radius 2 is 1.63 bits per heavy atom. The van der Waals surface area contributed by atoms with Crippen LogP contribution in [0.3, 0.4) is 0 Å². The summed E-state index contributed by atoms with van der Waals surface area (Å²) in [6.45, 7) is 1.89. The second kappa shape index (κ2) is 8.37. The highest BCUT2D eigenvalue weighted by Gasteiger charge is 2.20. The Bertz CT molecular complexity index is 1080. The molecule has 3 aromatic carbocycles. The number of hydrogen-bond donors (Lipinski definition) is 0. The van der Waals surface area contributed by atoms with Crippen LogP contribution in [0, 0.1) is 6.92 Å². The van der Waals surface area contributed by atoms with Crippen LogP contribution in [0.4, 0.5) is 5.69 Å². The molecule has 0 aromatic heterocycles. The molecular formula is C20H15Br2NO3S. The lowest BCUT2D eigenvalue weighted by atomic mass is 10.2. The maximum atomic E-state index is 12.7. The van der Waals surface area contributed by atoms with E-state index in [2.05, 4.69) is 36.9 Å². The van der Waals surface area contributed by atoms with Gasteiger partial charge in [-0.1, -0.05) is 51.8 Å². The Balaban J connectivity index is 1.99. The third kappa shape index (κ3) is 5.06. The molecule has 0 spiro atoms. The maximum Gasteiger partial charge on any atom is 0.339 e. The van der Waals surface area contributed by atoms with Crippen LogP contribution in [-0.4, -0.2) is 14.6 Å². The summed E-state index contributed by atoms with van der Waals surface area (Å²) < 4.78 is 32.1. The molecule has 0 heterocycles. The highest BCUT2D eigenvalue weighted by molar-refractivity contribution is 9.11. The van der Waals surface area contributed by atoms with Gasteiger partial charge >= 0.3 is 10.1 Å². The largest absolute Gasteiger partial charge is 0.377 e. The first kappa shape index (κ1) is 19.8. The molecule has 138 valence electrons. The molecule has 3 rings (SSSR count). The zero-order valence-electron chi connectivity index (χ0n) is 14.3. The van der Waals surface area contributed by atoms with Gasteiger partial charge in [-0.3, -0.25) is 4.99 Å². The van der Waals surface area contributed by atoms with E-state index in [0.717, 1.165) is 15.7 Å². The van der Waals surface area contributed by atoms with Crippen LogP contribution in [0.5, 0.6) is 5.75 Å². The van der Waals surface area contributed by atoms with E-state index in [1.54, 1.807) is 30.5 Å². The van der Waals surface area contributed by atoms with Gasteiger partial charge in [0.2, 0.25) is 0 Å². The van der Waals surface area contributed by atoms with E-state index >= 15 is 0 Å². The van der Waals surface area contributed by atoms with Gasteiger partial charge in [0.15, 0.2) is 5.75 Å². The van der Waals surface area contributed by atoms with Crippen molar-refractivity contribution in [3.63, 3.8) is 0 Å². The highest BCUT2D eigenvalue weighted by Crippen LogP contribution is 2.34. The van der Waals surface area contributed by atoms with E-state index in [9.17, 15) is 8.42 Å². The number of para-hydroxylation sites is 1. The standard InChI is InChI=1S/C20H15Br2NO3S/c1-14-7-9-18(10-8-14)27(24,25)26-20-15(11-16(21)12-19(20)22)13-23-17-5-3-2-4-6-17/h2-13H,1H3. The molecular weight excluding hydrogens is 494 g/mol. The van der Waals surface area contributed by atoms with E-state index in [1.807, 2.05) is 37.3 Å². The van der Waals surface area contributed by atoms with Crippen molar-refractivity contribution in [1.29, 1.82) is 0 Å². The van der Waals surface area contributed by atoms with E-state index < -0.39 is 10.1 Å². The predicted octanol–water partition coefficient (Wildman–Crippen LogP) is 6.04. The fourth-order valence-electron chi connectivity index (χ4n) is 2.28. The molecule has 0 fully saturated rings. The Hall–Kier alpha value is -1.96. The smallest absolute Gasteiger partial charge is 0.339 e. The van der Waals surface area contributed by atoms with Crippen molar-refractivity contribution in [2.24, 2.45) is 4.99 Å². The molecule has 27 heavy (non-hydrogen) atoms. The fraction of sp³-hybridized carbons (Fsp3) is 0.0500. The molecule has 0 aliphatic carbocycles. The summed E-state index contributed by atoms with van der Waals surface area (Å²) in [4.78, 5) is 4.48. The first-order valence-electron chi connectivity index (χ1n) is 7.94. The van der Waals surface area contributed by atoms with Gasteiger partial charge in [0, 0.05) is 16.3 Å². The van der Waals surface area contributed by atoms with Crippen molar-refractivity contribution >= 4 is 53.9 Å². The Morgan fingerprint density at radius 3 is 2.30 bits per heavy atom.